The van der Waals surface area contributed by atoms with E-state index in [1.807, 2.05) is 6.92 Å². The van der Waals surface area contributed by atoms with E-state index in [9.17, 15) is 9.18 Å². The highest BCUT2D eigenvalue weighted by Crippen LogP contribution is 2.17. The van der Waals surface area contributed by atoms with Gasteiger partial charge in [-0.1, -0.05) is 19.1 Å². The fourth-order valence-corrected chi connectivity index (χ4v) is 1.70. The van der Waals surface area contributed by atoms with Crippen molar-refractivity contribution >= 4 is 5.91 Å². The summed E-state index contributed by atoms with van der Waals surface area (Å²) in [5.41, 5.74) is 0.234. The molecule has 0 unspecified atom stereocenters. The molecule has 6 heteroatoms. The van der Waals surface area contributed by atoms with E-state index in [1.165, 1.54) is 24.7 Å². The molecule has 1 heterocycles. The number of nitrogens with one attached hydrogen (secondary N) is 1. The van der Waals surface area contributed by atoms with Gasteiger partial charge in [-0.3, -0.25) is 9.78 Å². The lowest BCUT2D eigenvalue weighted by atomic mass is 10.2. The first kappa shape index (κ1) is 14.9. The molecule has 0 bridgehead atoms. The van der Waals surface area contributed by atoms with Gasteiger partial charge in [0.1, 0.15) is 11.8 Å². The van der Waals surface area contributed by atoms with Crippen LogP contribution in [0.15, 0.2) is 42.9 Å². The lowest BCUT2D eigenvalue weighted by Crippen LogP contribution is -2.35. The topological polar surface area (TPSA) is 64.1 Å². The highest BCUT2D eigenvalue weighted by atomic mass is 19.1. The number of rotatable bonds is 6. The third-order valence-corrected chi connectivity index (χ3v) is 2.87. The van der Waals surface area contributed by atoms with Gasteiger partial charge >= 0.3 is 0 Å². The molecule has 0 aliphatic heterocycles. The number of ether oxygens (including phenoxy) is 1. The van der Waals surface area contributed by atoms with Gasteiger partial charge in [0.25, 0.3) is 5.91 Å². The van der Waals surface area contributed by atoms with Crippen LogP contribution in [0.2, 0.25) is 0 Å². The molecule has 2 rings (SSSR count). The molecule has 1 aromatic heterocycles. The first-order valence-electron chi connectivity index (χ1n) is 6.66. The van der Waals surface area contributed by atoms with Crippen LogP contribution in [0.5, 0.6) is 5.75 Å². The molecule has 0 fully saturated rings. The van der Waals surface area contributed by atoms with Crippen molar-refractivity contribution in [2.24, 2.45) is 0 Å². The number of carbonyl (C=O) groups is 1. The minimum absolute atomic E-state index is 0.179. The molecular formula is C15H16FN3O2. The zero-order valence-corrected chi connectivity index (χ0v) is 11.6. The normalized spacial score (nSPS) is 11.7. The molecule has 0 saturated heterocycles. The Hall–Kier alpha value is -2.50. The van der Waals surface area contributed by atoms with E-state index in [-0.39, 0.29) is 30.0 Å². The van der Waals surface area contributed by atoms with Crippen molar-refractivity contribution in [3.05, 3.63) is 54.4 Å². The molecule has 5 nitrogen and oxygen atoms in total. The molecule has 0 radical (unpaired) electrons. The van der Waals surface area contributed by atoms with E-state index in [1.54, 1.807) is 18.2 Å². The molecule has 0 aliphatic carbocycles. The van der Waals surface area contributed by atoms with Crippen LogP contribution in [0.3, 0.4) is 0 Å². The fourth-order valence-electron chi connectivity index (χ4n) is 1.70. The van der Waals surface area contributed by atoms with Crippen LogP contribution in [0, 0.1) is 5.82 Å². The van der Waals surface area contributed by atoms with Crippen LogP contribution >= 0.6 is 0 Å². The molecule has 21 heavy (non-hydrogen) atoms. The number of hydrogen-bond acceptors (Lipinski definition) is 4. The van der Waals surface area contributed by atoms with Crippen molar-refractivity contribution in [1.29, 1.82) is 0 Å². The van der Waals surface area contributed by atoms with Crippen molar-refractivity contribution in [3.63, 3.8) is 0 Å². The Kier molecular flexibility index (Phi) is 5.20. The Morgan fingerprint density at radius 2 is 2.19 bits per heavy atom. The van der Waals surface area contributed by atoms with Gasteiger partial charge in [0.15, 0.2) is 11.6 Å². The Morgan fingerprint density at radius 1 is 1.38 bits per heavy atom. The van der Waals surface area contributed by atoms with Gasteiger partial charge in [-0.15, -0.1) is 0 Å². The largest absolute Gasteiger partial charge is 0.486 e. The summed E-state index contributed by atoms with van der Waals surface area (Å²) in [4.78, 5) is 19.6. The average Bonchev–Trinajstić information content (AvgIpc) is 2.53. The summed E-state index contributed by atoms with van der Waals surface area (Å²) >= 11 is 0. The number of hydrogen-bond donors (Lipinski definition) is 1. The molecule has 1 N–H and O–H groups in total. The fraction of sp³-hybridized carbons (Fsp3) is 0.267. The number of aromatic nitrogens is 2. The van der Waals surface area contributed by atoms with E-state index >= 15 is 0 Å². The van der Waals surface area contributed by atoms with Crippen molar-refractivity contribution in [1.82, 2.24) is 15.3 Å². The number of halogens is 1. The number of carbonyl (C=O) groups excluding carboxylic acids is 1. The molecule has 1 atom stereocenters. The van der Waals surface area contributed by atoms with Gasteiger partial charge in [-0.2, -0.15) is 0 Å². The van der Waals surface area contributed by atoms with Gasteiger partial charge in [0.05, 0.1) is 12.7 Å². The number of para-hydroxylation sites is 1. The predicted molar refractivity (Wildman–Crippen MR) is 75.5 cm³/mol. The maximum absolute atomic E-state index is 13.5. The molecule has 1 amide bonds. The lowest BCUT2D eigenvalue weighted by molar-refractivity contribution is 0.0919. The molecule has 1 aromatic carbocycles. The van der Waals surface area contributed by atoms with Crippen LogP contribution in [0.25, 0.3) is 0 Å². The van der Waals surface area contributed by atoms with E-state index in [2.05, 4.69) is 15.3 Å². The van der Waals surface area contributed by atoms with Crippen molar-refractivity contribution in [3.8, 4) is 5.75 Å². The average molecular weight is 289 g/mol. The summed E-state index contributed by atoms with van der Waals surface area (Å²) in [6.07, 6.45) is 4.64. The monoisotopic (exact) mass is 289 g/mol. The second kappa shape index (κ2) is 7.33. The number of nitrogens with zero attached hydrogens (tertiary/aromatic N) is 2. The Labute approximate surface area is 122 Å². The molecule has 0 spiro atoms. The lowest BCUT2D eigenvalue weighted by Gasteiger charge is -2.18. The zero-order chi connectivity index (χ0) is 15.1. The molecule has 0 saturated carbocycles. The van der Waals surface area contributed by atoms with Gasteiger partial charge < -0.3 is 10.1 Å². The van der Waals surface area contributed by atoms with Gasteiger partial charge in [0, 0.05) is 12.4 Å². The Balaban J connectivity index is 1.91. The number of benzene rings is 1. The number of amides is 1. The molecular weight excluding hydrogens is 273 g/mol. The summed E-state index contributed by atoms with van der Waals surface area (Å²) in [6.45, 7) is 2.17. The highest BCUT2D eigenvalue weighted by Gasteiger charge is 2.14. The third kappa shape index (κ3) is 4.24. The second-order valence-corrected chi connectivity index (χ2v) is 4.38. The summed E-state index contributed by atoms with van der Waals surface area (Å²) in [7, 11) is 0. The molecule has 0 aliphatic rings. The van der Waals surface area contributed by atoms with E-state index in [0.717, 1.165) is 0 Å². The van der Waals surface area contributed by atoms with Crippen LogP contribution in [0.1, 0.15) is 23.8 Å². The van der Waals surface area contributed by atoms with Crippen LogP contribution in [-0.2, 0) is 0 Å². The first-order valence-corrected chi connectivity index (χ1v) is 6.66. The SMILES string of the molecule is CC[C@@H](CNC(=O)c1cnccn1)Oc1ccccc1F. The quantitative estimate of drug-likeness (QED) is 0.885. The smallest absolute Gasteiger partial charge is 0.271 e. The van der Waals surface area contributed by atoms with Gasteiger partial charge in [-0.05, 0) is 18.6 Å². The third-order valence-electron chi connectivity index (χ3n) is 2.87. The van der Waals surface area contributed by atoms with Crippen molar-refractivity contribution in [2.75, 3.05) is 6.54 Å². The maximum atomic E-state index is 13.5. The highest BCUT2D eigenvalue weighted by molar-refractivity contribution is 5.91. The summed E-state index contributed by atoms with van der Waals surface area (Å²) in [5, 5.41) is 2.70. The maximum Gasteiger partial charge on any atom is 0.271 e. The molecule has 2 aromatic rings. The van der Waals surface area contributed by atoms with E-state index in [0.29, 0.717) is 6.42 Å². The molecule has 110 valence electrons. The minimum atomic E-state index is -0.420. The zero-order valence-electron chi connectivity index (χ0n) is 11.6. The summed E-state index contributed by atoms with van der Waals surface area (Å²) < 4.78 is 19.1. The minimum Gasteiger partial charge on any atom is -0.486 e. The standard InChI is InChI=1S/C15H16FN3O2/c1-2-11(21-14-6-4-3-5-12(14)16)9-19-15(20)13-10-17-7-8-18-13/h3-8,10-11H,2,9H2,1H3,(H,19,20)/t11-/m0/s1. The second-order valence-electron chi connectivity index (χ2n) is 4.38. The predicted octanol–water partition coefficient (Wildman–Crippen LogP) is 2.20. The van der Waals surface area contributed by atoms with E-state index < -0.39 is 5.82 Å². The summed E-state index contributed by atoms with van der Waals surface area (Å²) in [5.74, 6) is -0.576. The van der Waals surface area contributed by atoms with Crippen LogP contribution in [-0.4, -0.2) is 28.5 Å². The van der Waals surface area contributed by atoms with Gasteiger partial charge in [-0.25, -0.2) is 9.37 Å². The van der Waals surface area contributed by atoms with Crippen LogP contribution < -0.4 is 10.1 Å². The van der Waals surface area contributed by atoms with Gasteiger partial charge in [0.2, 0.25) is 0 Å². The Morgan fingerprint density at radius 3 is 2.86 bits per heavy atom. The summed E-state index contributed by atoms with van der Waals surface area (Å²) in [6, 6.07) is 6.19. The Bertz CT molecular complexity index is 592. The van der Waals surface area contributed by atoms with Crippen molar-refractivity contribution in [2.45, 2.75) is 19.4 Å². The van der Waals surface area contributed by atoms with Crippen LogP contribution in [0.4, 0.5) is 4.39 Å². The first-order chi connectivity index (χ1) is 10.2. The van der Waals surface area contributed by atoms with E-state index in [4.69, 9.17) is 4.74 Å². The van der Waals surface area contributed by atoms with Crippen molar-refractivity contribution < 1.29 is 13.9 Å².